The smallest absolute Gasteiger partial charge is 0.226 e. The number of hydrogen-bond donors (Lipinski definition) is 1. The van der Waals surface area contributed by atoms with Gasteiger partial charge < -0.3 is 15.1 Å². The van der Waals surface area contributed by atoms with Crippen LogP contribution in [0.4, 0.5) is 10.1 Å². The molecule has 2 fully saturated rings. The molecule has 114 valence electrons. The molecular weight excluding hydrogens is 269 g/mol. The van der Waals surface area contributed by atoms with Gasteiger partial charge in [-0.2, -0.15) is 0 Å². The molecule has 1 aromatic carbocycles. The van der Waals surface area contributed by atoms with Crippen LogP contribution in [0.5, 0.6) is 0 Å². The maximum absolute atomic E-state index is 13.8. The van der Waals surface area contributed by atoms with E-state index in [9.17, 15) is 9.18 Å². The van der Waals surface area contributed by atoms with Gasteiger partial charge in [-0.3, -0.25) is 4.79 Å². The zero-order valence-electron chi connectivity index (χ0n) is 12.3. The van der Waals surface area contributed by atoms with E-state index in [1.807, 2.05) is 21.9 Å². The highest BCUT2D eigenvalue weighted by Crippen LogP contribution is 2.21. The molecule has 2 saturated heterocycles. The minimum absolute atomic E-state index is 0.180. The predicted octanol–water partition coefficient (Wildman–Crippen LogP) is 0.448. The molecule has 21 heavy (non-hydrogen) atoms. The normalized spacial score (nSPS) is 20.6. The van der Waals surface area contributed by atoms with Gasteiger partial charge in [-0.05, 0) is 12.1 Å². The number of quaternary nitrogens is 1. The largest absolute Gasteiger partial charge is 0.366 e. The zero-order valence-corrected chi connectivity index (χ0v) is 12.3. The molecule has 0 aromatic heterocycles. The topological polar surface area (TPSA) is 40.2 Å². The molecule has 2 N–H and O–H groups in total. The summed E-state index contributed by atoms with van der Waals surface area (Å²) in [6.45, 7) is 4.95. The number of carbonyl (C=O) groups excluding carboxylic acids is 1. The van der Waals surface area contributed by atoms with Gasteiger partial charge in [0.1, 0.15) is 5.82 Å². The van der Waals surface area contributed by atoms with Crippen molar-refractivity contribution in [1.29, 1.82) is 0 Å². The minimum atomic E-state index is -0.180. The molecule has 3 rings (SSSR count). The Kier molecular flexibility index (Phi) is 4.39. The molecule has 0 atom stereocenters. The fourth-order valence-electron chi connectivity index (χ4n) is 3.31. The number of anilines is 1. The summed E-state index contributed by atoms with van der Waals surface area (Å²) < 4.78 is 13.8. The molecule has 2 aliphatic rings. The van der Waals surface area contributed by atoms with Crippen LogP contribution in [-0.4, -0.2) is 50.1 Å². The number of para-hydroxylation sites is 1. The van der Waals surface area contributed by atoms with Gasteiger partial charge in [0.15, 0.2) is 0 Å². The van der Waals surface area contributed by atoms with E-state index >= 15 is 0 Å². The van der Waals surface area contributed by atoms with Crippen LogP contribution in [0.25, 0.3) is 0 Å². The van der Waals surface area contributed by atoms with Crippen LogP contribution in [0.3, 0.4) is 0 Å². The Morgan fingerprint density at radius 1 is 1.10 bits per heavy atom. The van der Waals surface area contributed by atoms with Crippen LogP contribution in [-0.2, 0) is 4.79 Å². The van der Waals surface area contributed by atoms with E-state index < -0.39 is 0 Å². The van der Waals surface area contributed by atoms with Gasteiger partial charge in [0.2, 0.25) is 5.91 Å². The summed E-state index contributed by atoms with van der Waals surface area (Å²) in [6, 6.07) is 6.86. The first-order valence-electron chi connectivity index (χ1n) is 7.85. The SMILES string of the molecule is O=C(C1CC[NH2+]CC1)N1CCN(c2ccccc2F)CC1. The highest BCUT2D eigenvalue weighted by Gasteiger charge is 2.29. The molecule has 2 heterocycles. The van der Waals surface area contributed by atoms with Gasteiger partial charge in [-0.25, -0.2) is 4.39 Å². The molecule has 0 aliphatic carbocycles. The van der Waals surface area contributed by atoms with Crippen molar-refractivity contribution in [2.24, 2.45) is 5.92 Å². The number of carbonyl (C=O) groups is 1. The second-order valence-electron chi connectivity index (χ2n) is 5.90. The molecule has 0 radical (unpaired) electrons. The van der Waals surface area contributed by atoms with Gasteiger partial charge in [0.25, 0.3) is 0 Å². The number of rotatable bonds is 2. The van der Waals surface area contributed by atoms with Crippen LogP contribution in [0.15, 0.2) is 24.3 Å². The summed E-state index contributed by atoms with van der Waals surface area (Å²) in [6.07, 6.45) is 1.98. The van der Waals surface area contributed by atoms with E-state index in [1.165, 1.54) is 6.07 Å². The van der Waals surface area contributed by atoms with Crippen LogP contribution in [0.1, 0.15) is 12.8 Å². The number of amides is 1. The van der Waals surface area contributed by atoms with Crippen molar-refractivity contribution in [3.8, 4) is 0 Å². The lowest BCUT2D eigenvalue weighted by Gasteiger charge is -2.38. The average Bonchev–Trinajstić information content (AvgIpc) is 2.56. The first-order valence-corrected chi connectivity index (χ1v) is 7.85. The Labute approximate surface area is 124 Å². The maximum atomic E-state index is 13.8. The number of hydrogen-bond acceptors (Lipinski definition) is 2. The maximum Gasteiger partial charge on any atom is 0.226 e. The van der Waals surface area contributed by atoms with Crippen molar-refractivity contribution in [1.82, 2.24) is 4.90 Å². The Hall–Kier alpha value is -1.62. The molecule has 0 unspecified atom stereocenters. The monoisotopic (exact) mass is 292 g/mol. The van der Waals surface area contributed by atoms with Crippen LogP contribution in [0.2, 0.25) is 0 Å². The van der Waals surface area contributed by atoms with Crippen molar-refractivity contribution < 1.29 is 14.5 Å². The lowest BCUT2D eigenvalue weighted by molar-refractivity contribution is -0.664. The van der Waals surface area contributed by atoms with Crippen molar-refractivity contribution in [2.45, 2.75) is 12.8 Å². The summed E-state index contributed by atoms with van der Waals surface area (Å²) in [4.78, 5) is 16.5. The summed E-state index contributed by atoms with van der Waals surface area (Å²) in [5.74, 6) is 0.325. The Morgan fingerprint density at radius 3 is 2.43 bits per heavy atom. The molecule has 1 aromatic rings. The average molecular weight is 292 g/mol. The minimum Gasteiger partial charge on any atom is -0.366 e. The number of piperidine rings is 1. The highest BCUT2D eigenvalue weighted by molar-refractivity contribution is 5.79. The third kappa shape index (κ3) is 3.18. The fourth-order valence-corrected chi connectivity index (χ4v) is 3.31. The highest BCUT2D eigenvalue weighted by atomic mass is 19.1. The lowest BCUT2D eigenvalue weighted by atomic mass is 9.96. The summed E-state index contributed by atoms with van der Waals surface area (Å²) >= 11 is 0. The number of halogens is 1. The van der Waals surface area contributed by atoms with Crippen LogP contribution in [0, 0.1) is 11.7 Å². The first-order chi connectivity index (χ1) is 10.3. The van der Waals surface area contributed by atoms with Crippen molar-refractivity contribution in [3.63, 3.8) is 0 Å². The van der Waals surface area contributed by atoms with Gasteiger partial charge in [-0.15, -0.1) is 0 Å². The number of piperazine rings is 1. The molecule has 1 amide bonds. The fraction of sp³-hybridized carbons (Fsp3) is 0.562. The molecule has 0 spiro atoms. The predicted molar refractivity (Wildman–Crippen MR) is 79.6 cm³/mol. The van der Waals surface area contributed by atoms with E-state index in [4.69, 9.17) is 0 Å². The van der Waals surface area contributed by atoms with E-state index in [2.05, 4.69) is 5.32 Å². The Morgan fingerprint density at radius 2 is 1.76 bits per heavy atom. The second kappa shape index (κ2) is 6.43. The Balaban J connectivity index is 1.57. The molecule has 5 heteroatoms. The standard InChI is InChI=1S/C16H22FN3O/c17-14-3-1-2-4-15(14)19-9-11-20(12-10-19)16(21)13-5-7-18-8-6-13/h1-4,13,18H,5-12H2/p+1. The summed E-state index contributed by atoms with van der Waals surface area (Å²) in [5.41, 5.74) is 0.650. The third-order valence-corrected chi connectivity index (χ3v) is 4.57. The van der Waals surface area contributed by atoms with E-state index in [-0.39, 0.29) is 11.7 Å². The van der Waals surface area contributed by atoms with Gasteiger partial charge in [0.05, 0.1) is 18.8 Å². The second-order valence-corrected chi connectivity index (χ2v) is 5.90. The third-order valence-electron chi connectivity index (χ3n) is 4.57. The van der Waals surface area contributed by atoms with Crippen LogP contribution >= 0.6 is 0 Å². The van der Waals surface area contributed by atoms with E-state index in [0.717, 1.165) is 25.9 Å². The molecule has 0 bridgehead atoms. The summed E-state index contributed by atoms with van der Waals surface area (Å²) in [5, 5.41) is 2.28. The van der Waals surface area contributed by atoms with Gasteiger partial charge in [0, 0.05) is 44.9 Å². The van der Waals surface area contributed by atoms with E-state index in [1.54, 1.807) is 6.07 Å². The molecule has 0 saturated carbocycles. The van der Waals surface area contributed by atoms with Crippen molar-refractivity contribution in [2.75, 3.05) is 44.2 Å². The number of nitrogens with two attached hydrogens (primary N) is 1. The quantitative estimate of drug-likeness (QED) is 0.860. The Bertz CT molecular complexity index is 494. The van der Waals surface area contributed by atoms with E-state index in [0.29, 0.717) is 37.8 Å². The van der Waals surface area contributed by atoms with Crippen molar-refractivity contribution >= 4 is 11.6 Å². The molecular formula is C16H23FN3O+. The zero-order chi connectivity index (χ0) is 14.7. The number of benzene rings is 1. The van der Waals surface area contributed by atoms with Crippen molar-refractivity contribution in [3.05, 3.63) is 30.1 Å². The first kappa shape index (κ1) is 14.3. The molecule has 2 aliphatic heterocycles. The lowest BCUT2D eigenvalue weighted by Crippen LogP contribution is -2.86. The number of nitrogens with zero attached hydrogens (tertiary/aromatic N) is 2. The summed E-state index contributed by atoms with van der Waals surface area (Å²) in [7, 11) is 0. The van der Waals surface area contributed by atoms with Gasteiger partial charge in [-0.1, -0.05) is 12.1 Å². The van der Waals surface area contributed by atoms with Crippen LogP contribution < -0.4 is 10.2 Å². The molecule has 4 nitrogen and oxygen atoms in total. The van der Waals surface area contributed by atoms with Gasteiger partial charge >= 0.3 is 0 Å².